The van der Waals surface area contributed by atoms with E-state index in [1.807, 2.05) is 12.1 Å². The summed E-state index contributed by atoms with van der Waals surface area (Å²) in [4.78, 5) is 28.0. The standard InChI is InChI=1S/C22H29N3O4/c1-22(2,3)29-21(28)23-12-6-8-16(20(26)27)13-17-19-11-10-15-7-4-5-9-18(15)25(19)14-24-17/h4-5,7,9,14,16H,6,8,10-13H2,1-3H3,(H,23,28)(H,26,27)/t16-/m1/s1. The van der Waals surface area contributed by atoms with Crippen molar-refractivity contribution in [3.63, 3.8) is 0 Å². The van der Waals surface area contributed by atoms with Crippen molar-refractivity contribution in [2.24, 2.45) is 5.92 Å². The van der Waals surface area contributed by atoms with Crippen LogP contribution in [0.5, 0.6) is 0 Å². The third kappa shape index (κ3) is 5.37. The molecule has 0 spiro atoms. The minimum absolute atomic E-state index is 0.382. The number of nitrogens with zero attached hydrogens (tertiary/aromatic N) is 2. The lowest BCUT2D eigenvalue weighted by Crippen LogP contribution is -2.33. The summed E-state index contributed by atoms with van der Waals surface area (Å²) in [6.07, 6.45) is 4.54. The number of para-hydroxylation sites is 1. The molecule has 0 bridgehead atoms. The van der Waals surface area contributed by atoms with Gasteiger partial charge >= 0.3 is 12.1 Å². The number of benzene rings is 1. The lowest BCUT2D eigenvalue weighted by Gasteiger charge is -2.20. The summed E-state index contributed by atoms with van der Waals surface area (Å²) in [5.74, 6) is -1.37. The molecule has 1 aromatic heterocycles. The van der Waals surface area contributed by atoms with Crippen LogP contribution in [0.15, 0.2) is 30.6 Å². The van der Waals surface area contributed by atoms with Crippen molar-refractivity contribution in [1.29, 1.82) is 0 Å². The number of carbonyl (C=O) groups excluding carboxylic acids is 1. The van der Waals surface area contributed by atoms with Gasteiger partial charge in [0.25, 0.3) is 0 Å². The smallest absolute Gasteiger partial charge is 0.407 e. The lowest BCUT2D eigenvalue weighted by atomic mass is 9.94. The van der Waals surface area contributed by atoms with E-state index in [1.54, 1.807) is 27.1 Å². The van der Waals surface area contributed by atoms with Gasteiger partial charge < -0.3 is 19.7 Å². The number of aromatic nitrogens is 2. The fraction of sp³-hybridized carbons (Fsp3) is 0.500. The lowest BCUT2D eigenvalue weighted by molar-refractivity contribution is -0.142. The molecule has 2 aromatic rings. The number of ether oxygens (including phenoxy) is 1. The Kier molecular flexibility index (Phi) is 6.25. The van der Waals surface area contributed by atoms with Crippen LogP contribution in [-0.4, -0.2) is 38.9 Å². The van der Waals surface area contributed by atoms with Gasteiger partial charge in [0.15, 0.2) is 0 Å². The van der Waals surface area contributed by atoms with Crippen LogP contribution in [0.4, 0.5) is 4.79 Å². The fourth-order valence-electron chi connectivity index (χ4n) is 3.66. The molecule has 0 unspecified atom stereocenters. The van der Waals surface area contributed by atoms with Crippen molar-refractivity contribution in [3.8, 4) is 5.69 Å². The minimum atomic E-state index is -0.833. The van der Waals surface area contributed by atoms with Crippen LogP contribution in [0.25, 0.3) is 5.69 Å². The van der Waals surface area contributed by atoms with Gasteiger partial charge in [-0.25, -0.2) is 9.78 Å². The molecule has 0 fully saturated rings. The van der Waals surface area contributed by atoms with Crippen molar-refractivity contribution < 1.29 is 19.4 Å². The van der Waals surface area contributed by atoms with Crippen molar-refractivity contribution in [1.82, 2.24) is 14.9 Å². The van der Waals surface area contributed by atoms with Crippen LogP contribution >= 0.6 is 0 Å². The van der Waals surface area contributed by atoms with Crippen molar-refractivity contribution in [2.75, 3.05) is 6.54 Å². The average Bonchev–Trinajstić information content (AvgIpc) is 3.06. The van der Waals surface area contributed by atoms with Gasteiger partial charge in [-0.15, -0.1) is 0 Å². The Morgan fingerprint density at radius 2 is 2.03 bits per heavy atom. The molecular weight excluding hydrogens is 370 g/mol. The minimum Gasteiger partial charge on any atom is -0.481 e. The number of alkyl carbamates (subject to hydrolysis) is 1. The number of aryl methyl sites for hydroxylation is 1. The number of hydrogen-bond acceptors (Lipinski definition) is 4. The number of carboxylic acids is 1. The predicted molar refractivity (Wildman–Crippen MR) is 109 cm³/mol. The van der Waals surface area contributed by atoms with Crippen LogP contribution < -0.4 is 5.32 Å². The first-order chi connectivity index (χ1) is 13.7. The summed E-state index contributed by atoms with van der Waals surface area (Å²) >= 11 is 0. The zero-order valence-corrected chi connectivity index (χ0v) is 17.3. The van der Waals surface area contributed by atoms with E-state index < -0.39 is 23.6 Å². The normalized spacial score (nSPS) is 13.9. The van der Waals surface area contributed by atoms with Gasteiger partial charge in [0.05, 0.1) is 17.9 Å². The number of carboxylic acid groups (broad SMARTS) is 1. The maximum Gasteiger partial charge on any atom is 0.407 e. The summed E-state index contributed by atoms with van der Waals surface area (Å²) < 4.78 is 7.27. The second kappa shape index (κ2) is 8.68. The van der Waals surface area contributed by atoms with E-state index >= 15 is 0 Å². The molecule has 0 aliphatic carbocycles. The molecule has 1 aliphatic rings. The van der Waals surface area contributed by atoms with Gasteiger partial charge in [0, 0.05) is 24.3 Å². The van der Waals surface area contributed by atoms with E-state index in [1.165, 1.54) is 5.56 Å². The summed E-state index contributed by atoms with van der Waals surface area (Å²) in [5.41, 5.74) is 3.81. The van der Waals surface area contributed by atoms with E-state index in [0.29, 0.717) is 25.8 Å². The van der Waals surface area contributed by atoms with E-state index in [4.69, 9.17) is 4.74 Å². The van der Waals surface area contributed by atoms with Gasteiger partial charge in [-0.2, -0.15) is 0 Å². The molecule has 7 heteroatoms. The zero-order chi connectivity index (χ0) is 21.0. The molecule has 156 valence electrons. The Labute approximate surface area is 171 Å². The number of amides is 1. The predicted octanol–water partition coefficient (Wildman–Crippen LogP) is 3.52. The summed E-state index contributed by atoms with van der Waals surface area (Å²) in [7, 11) is 0. The molecule has 0 saturated carbocycles. The Morgan fingerprint density at radius 3 is 2.76 bits per heavy atom. The molecular formula is C22H29N3O4. The highest BCUT2D eigenvalue weighted by molar-refractivity contribution is 5.70. The number of fused-ring (bicyclic) bond motifs is 3. The molecule has 1 aliphatic heterocycles. The maximum atomic E-state index is 11.8. The van der Waals surface area contributed by atoms with Gasteiger partial charge in [-0.3, -0.25) is 4.79 Å². The molecule has 2 N–H and O–H groups in total. The first-order valence-electron chi connectivity index (χ1n) is 10.1. The fourth-order valence-corrected chi connectivity index (χ4v) is 3.66. The quantitative estimate of drug-likeness (QED) is 0.695. The Balaban J connectivity index is 1.58. The monoisotopic (exact) mass is 399 g/mol. The van der Waals surface area contributed by atoms with Crippen LogP contribution in [0.1, 0.15) is 50.6 Å². The number of imidazole rings is 1. The van der Waals surface area contributed by atoms with Gasteiger partial charge in [-0.05, 0) is 58.1 Å². The largest absolute Gasteiger partial charge is 0.481 e. The second-order valence-corrected chi connectivity index (χ2v) is 8.45. The highest BCUT2D eigenvalue weighted by atomic mass is 16.6. The molecule has 0 saturated heterocycles. The molecule has 29 heavy (non-hydrogen) atoms. The third-order valence-electron chi connectivity index (χ3n) is 5.02. The number of aliphatic carboxylic acids is 1. The second-order valence-electron chi connectivity index (χ2n) is 8.45. The Morgan fingerprint density at radius 1 is 1.28 bits per heavy atom. The SMILES string of the molecule is CC(C)(C)OC(=O)NCCC[C@H](Cc1ncn2c1CCc1ccccc1-2)C(=O)O. The summed E-state index contributed by atoms with van der Waals surface area (Å²) in [5, 5.41) is 12.3. The molecule has 0 radical (unpaired) electrons. The van der Waals surface area contributed by atoms with Crippen molar-refractivity contribution in [3.05, 3.63) is 47.5 Å². The summed E-state index contributed by atoms with van der Waals surface area (Å²) in [6.45, 7) is 5.79. The van der Waals surface area contributed by atoms with E-state index in [0.717, 1.165) is 29.9 Å². The number of rotatable bonds is 7. The number of carbonyl (C=O) groups is 2. The maximum absolute atomic E-state index is 11.8. The van der Waals surface area contributed by atoms with Crippen molar-refractivity contribution >= 4 is 12.1 Å². The van der Waals surface area contributed by atoms with E-state index in [-0.39, 0.29) is 0 Å². The molecule has 1 atom stereocenters. The first kappa shape index (κ1) is 20.9. The highest BCUT2D eigenvalue weighted by Crippen LogP contribution is 2.28. The van der Waals surface area contributed by atoms with Crippen LogP contribution in [0.3, 0.4) is 0 Å². The van der Waals surface area contributed by atoms with Gasteiger partial charge in [0.2, 0.25) is 0 Å². The van der Waals surface area contributed by atoms with Crippen LogP contribution in [0.2, 0.25) is 0 Å². The number of nitrogens with one attached hydrogen (secondary N) is 1. The Bertz CT molecular complexity index is 882. The first-order valence-corrected chi connectivity index (χ1v) is 10.1. The molecule has 1 amide bonds. The highest BCUT2D eigenvalue weighted by Gasteiger charge is 2.25. The van der Waals surface area contributed by atoms with Gasteiger partial charge in [-0.1, -0.05) is 18.2 Å². The Hall–Kier alpha value is -2.83. The van der Waals surface area contributed by atoms with Crippen LogP contribution in [-0.2, 0) is 28.8 Å². The average molecular weight is 399 g/mol. The van der Waals surface area contributed by atoms with Crippen molar-refractivity contribution in [2.45, 2.75) is 58.5 Å². The van der Waals surface area contributed by atoms with E-state index in [2.05, 4.69) is 27.0 Å². The number of hydrogen-bond donors (Lipinski definition) is 2. The van der Waals surface area contributed by atoms with Gasteiger partial charge in [0.1, 0.15) is 5.60 Å². The zero-order valence-electron chi connectivity index (χ0n) is 17.3. The molecule has 7 nitrogen and oxygen atoms in total. The van der Waals surface area contributed by atoms with Crippen LogP contribution in [0, 0.1) is 5.92 Å². The molecule has 2 heterocycles. The third-order valence-corrected chi connectivity index (χ3v) is 5.02. The summed E-state index contributed by atoms with van der Waals surface area (Å²) in [6, 6.07) is 8.23. The topological polar surface area (TPSA) is 93.5 Å². The molecule has 1 aromatic carbocycles. The molecule has 3 rings (SSSR count). The van der Waals surface area contributed by atoms with E-state index in [9.17, 15) is 14.7 Å².